The summed E-state index contributed by atoms with van der Waals surface area (Å²) in [5.74, 6) is 0.591. The number of rotatable bonds is 7. The molecule has 0 aliphatic heterocycles. The molecule has 5 heteroatoms. The first-order chi connectivity index (χ1) is 13.0. The molecule has 0 saturated carbocycles. The highest BCUT2D eigenvalue weighted by Gasteiger charge is 2.12. The summed E-state index contributed by atoms with van der Waals surface area (Å²) in [4.78, 5) is 6.69. The van der Waals surface area contributed by atoms with E-state index in [-0.39, 0.29) is 6.61 Å². The van der Waals surface area contributed by atoms with E-state index in [1.807, 2.05) is 49.3 Å². The smallest absolute Gasteiger partial charge is 0.143 e. The van der Waals surface area contributed by atoms with Gasteiger partial charge in [0.15, 0.2) is 0 Å². The van der Waals surface area contributed by atoms with E-state index in [1.165, 1.54) is 5.56 Å². The van der Waals surface area contributed by atoms with Crippen molar-refractivity contribution in [3.8, 4) is 17.0 Å². The van der Waals surface area contributed by atoms with E-state index in [2.05, 4.69) is 25.1 Å². The molecule has 27 heavy (non-hydrogen) atoms. The van der Waals surface area contributed by atoms with Gasteiger partial charge in [0.1, 0.15) is 25.1 Å². The predicted octanol–water partition coefficient (Wildman–Crippen LogP) is 4.24. The van der Waals surface area contributed by atoms with Crippen LogP contribution in [0.4, 0.5) is 10.1 Å². The molecule has 1 N–H and O–H groups in total. The number of aliphatic hydroxyl groups is 1. The van der Waals surface area contributed by atoms with E-state index < -0.39 is 12.8 Å². The summed E-state index contributed by atoms with van der Waals surface area (Å²) in [6.07, 6.45) is -0.134. The first-order valence-electron chi connectivity index (χ1n) is 9.10. The SMILES string of the molecule is CCc1ccc2nc(-c3ccc(N(C)C)c(OCC(O)CF)c3)ccc2c1. The second kappa shape index (κ2) is 8.35. The van der Waals surface area contributed by atoms with Gasteiger partial charge in [0.05, 0.1) is 16.9 Å². The molecule has 1 unspecified atom stereocenters. The van der Waals surface area contributed by atoms with Gasteiger partial charge in [-0.05, 0) is 42.3 Å². The van der Waals surface area contributed by atoms with Gasteiger partial charge in [-0.3, -0.25) is 0 Å². The van der Waals surface area contributed by atoms with Crippen molar-refractivity contribution in [3.05, 3.63) is 54.1 Å². The topological polar surface area (TPSA) is 45.6 Å². The van der Waals surface area contributed by atoms with Crippen LogP contribution in [-0.2, 0) is 6.42 Å². The lowest BCUT2D eigenvalue weighted by Gasteiger charge is -2.19. The molecule has 0 fully saturated rings. The Bertz CT molecular complexity index is 927. The Kier molecular flexibility index (Phi) is 5.91. The standard InChI is InChI=1S/C22H25FN2O2/c1-4-15-5-8-19-16(11-15)6-9-20(24-19)17-7-10-21(25(2)3)22(12-17)27-14-18(26)13-23/h5-12,18,26H,4,13-14H2,1-3H3. The van der Waals surface area contributed by atoms with Gasteiger partial charge < -0.3 is 14.7 Å². The van der Waals surface area contributed by atoms with E-state index in [0.717, 1.165) is 34.3 Å². The van der Waals surface area contributed by atoms with Crippen molar-refractivity contribution in [2.75, 3.05) is 32.3 Å². The van der Waals surface area contributed by atoms with Crippen molar-refractivity contribution in [3.63, 3.8) is 0 Å². The van der Waals surface area contributed by atoms with E-state index in [0.29, 0.717) is 5.75 Å². The number of benzene rings is 2. The fourth-order valence-corrected chi connectivity index (χ4v) is 2.94. The molecule has 142 valence electrons. The van der Waals surface area contributed by atoms with Crippen molar-refractivity contribution < 1.29 is 14.2 Å². The third-order valence-electron chi connectivity index (χ3n) is 4.51. The molecular formula is C22H25FN2O2. The zero-order valence-electron chi connectivity index (χ0n) is 15.9. The van der Waals surface area contributed by atoms with E-state index in [4.69, 9.17) is 9.72 Å². The third-order valence-corrected chi connectivity index (χ3v) is 4.51. The molecule has 0 aliphatic rings. The van der Waals surface area contributed by atoms with Gasteiger partial charge in [0, 0.05) is 25.0 Å². The Morgan fingerprint density at radius 3 is 2.63 bits per heavy atom. The third kappa shape index (κ3) is 4.37. The Morgan fingerprint density at radius 2 is 1.93 bits per heavy atom. The zero-order valence-corrected chi connectivity index (χ0v) is 15.9. The molecule has 0 aliphatic carbocycles. The summed E-state index contributed by atoms with van der Waals surface area (Å²) >= 11 is 0. The summed E-state index contributed by atoms with van der Waals surface area (Å²) in [5.41, 5.74) is 4.84. The van der Waals surface area contributed by atoms with Crippen molar-refractivity contribution in [1.82, 2.24) is 4.98 Å². The maximum absolute atomic E-state index is 12.5. The number of hydrogen-bond acceptors (Lipinski definition) is 4. The van der Waals surface area contributed by atoms with Crippen LogP contribution in [0, 0.1) is 0 Å². The second-order valence-electron chi connectivity index (χ2n) is 6.77. The number of alkyl halides is 1. The van der Waals surface area contributed by atoms with Crippen LogP contribution in [0.5, 0.6) is 5.75 Å². The lowest BCUT2D eigenvalue weighted by atomic mass is 10.1. The number of halogens is 1. The molecule has 1 aromatic heterocycles. The minimum Gasteiger partial charge on any atom is -0.489 e. The molecule has 1 atom stereocenters. The van der Waals surface area contributed by atoms with Gasteiger partial charge >= 0.3 is 0 Å². The summed E-state index contributed by atoms with van der Waals surface area (Å²) in [7, 11) is 3.82. The van der Waals surface area contributed by atoms with Crippen LogP contribution in [-0.4, -0.2) is 43.6 Å². The van der Waals surface area contributed by atoms with Crippen LogP contribution >= 0.6 is 0 Å². The highest BCUT2D eigenvalue weighted by atomic mass is 19.1. The minimum atomic E-state index is -1.13. The second-order valence-corrected chi connectivity index (χ2v) is 6.77. The fourth-order valence-electron chi connectivity index (χ4n) is 2.94. The number of anilines is 1. The van der Waals surface area contributed by atoms with Gasteiger partial charge in [-0.1, -0.05) is 25.1 Å². The van der Waals surface area contributed by atoms with Crippen LogP contribution < -0.4 is 9.64 Å². The van der Waals surface area contributed by atoms with Crippen LogP contribution in [0.25, 0.3) is 22.2 Å². The Hall–Kier alpha value is -2.66. The molecule has 4 nitrogen and oxygen atoms in total. The fraction of sp³-hybridized carbons (Fsp3) is 0.318. The Morgan fingerprint density at radius 1 is 1.11 bits per heavy atom. The molecule has 0 amide bonds. The summed E-state index contributed by atoms with van der Waals surface area (Å²) in [6, 6.07) is 16.2. The molecule has 1 heterocycles. The van der Waals surface area contributed by atoms with Gasteiger partial charge in [-0.15, -0.1) is 0 Å². The average molecular weight is 368 g/mol. The summed E-state index contributed by atoms with van der Waals surface area (Å²) < 4.78 is 18.2. The van der Waals surface area contributed by atoms with Crippen LogP contribution in [0.15, 0.2) is 48.5 Å². The lowest BCUT2D eigenvalue weighted by Crippen LogP contribution is -2.20. The van der Waals surface area contributed by atoms with E-state index in [9.17, 15) is 9.50 Å². The van der Waals surface area contributed by atoms with E-state index in [1.54, 1.807) is 0 Å². The lowest BCUT2D eigenvalue weighted by molar-refractivity contribution is 0.0844. The summed E-state index contributed by atoms with van der Waals surface area (Å²) in [5, 5.41) is 10.6. The van der Waals surface area contributed by atoms with Gasteiger partial charge in [-0.25, -0.2) is 9.37 Å². The van der Waals surface area contributed by atoms with Gasteiger partial charge in [-0.2, -0.15) is 0 Å². The molecule has 0 radical (unpaired) electrons. The number of hydrogen-bond donors (Lipinski definition) is 1. The first kappa shape index (κ1) is 19.1. The molecule has 0 spiro atoms. The zero-order chi connectivity index (χ0) is 19.4. The monoisotopic (exact) mass is 368 g/mol. The summed E-state index contributed by atoms with van der Waals surface area (Å²) in [6.45, 7) is 1.21. The number of pyridine rings is 1. The van der Waals surface area contributed by atoms with Crippen LogP contribution in [0.3, 0.4) is 0 Å². The maximum atomic E-state index is 12.5. The van der Waals surface area contributed by atoms with Crippen molar-refractivity contribution in [2.45, 2.75) is 19.4 Å². The van der Waals surface area contributed by atoms with Gasteiger partial charge in [0.25, 0.3) is 0 Å². The number of aromatic nitrogens is 1. The molecule has 3 aromatic rings. The largest absolute Gasteiger partial charge is 0.489 e. The average Bonchev–Trinajstić information content (AvgIpc) is 2.70. The Labute approximate surface area is 159 Å². The quantitative estimate of drug-likeness (QED) is 0.678. The molecule has 0 saturated heterocycles. The predicted molar refractivity (Wildman–Crippen MR) is 108 cm³/mol. The molecular weight excluding hydrogens is 343 g/mol. The number of ether oxygens (including phenoxy) is 1. The maximum Gasteiger partial charge on any atom is 0.143 e. The number of fused-ring (bicyclic) bond motifs is 1. The molecule has 3 rings (SSSR count). The normalized spacial score (nSPS) is 12.2. The molecule has 2 aromatic carbocycles. The van der Waals surface area contributed by atoms with Crippen LogP contribution in [0.2, 0.25) is 0 Å². The van der Waals surface area contributed by atoms with Gasteiger partial charge in [0.2, 0.25) is 0 Å². The highest BCUT2D eigenvalue weighted by molar-refractivity contribution is 5.82. The van der Waals surface area contributed by atoms with E-state index >= 15 is 0 Å². The Balaban J connectivity index is 1.96. The number of aliphatic hydroxyl groups excluding tert-OH is 1. The highest BCUT2D eigenvalue weighted by Crippen LogP contribution is 2.32. The minimum absolute atomic E-state index is 0.0915. The van der Waals surface area contributed by atoms with Crippen LogP contribution in [0.1, 0.15) is 12.5 Å². The van der Waals surface area contributed by atoms with Crippen molar-refractivity contribution >= 4 is 16.6 Å². The number of aryl methyl sites for hydroxylation is 1. The van der Waals surface area contributed by atoms with Crippen molar-refractivity contribution in [1.29, 1.82) is 0 Å². The molecule has 0 bridgehead atoms. The number of nitrogens with zero attached hydrogens (tertiary/aromatic N) is 2. The van der Waals surface area contributed by atoms with Crippen molar-refractivity contribution in [2.24, 2.45) is 0 Å². The first-order valence-corrected chi connectivity index (χ1v) is 9.10.